The molecule has 14 heavy (non-hydrogen) atoms. The quantitative estimate of drug-likeness (QED) is 0.518. The molecule has 1 aliphatic heterocycles. The van der Waals surface area contributed by atoms with Crippen LogP contribution < -0.4 is 5.23 Å². The average Bonchev–Trinajstić information content (AvgIpc) is 2.58. The maximum absolute atomic E-state index is 11.3. The van der Waals surface area contributed by atoms with Gasteiger partial charge in [-0.1, -0.05) is 11.5 Å². The zero-order valence-corrected chi connectivity index (χ0v) is 9.03. The van der Waals surface area contributed by atoms with E-state index < -0.39 is 0 Å². The van der Waals surface area contributed by atoms with Crippen molar-refractivity contribution in [2.24, 2.45) is 0 Å². The minimum Gasteiger partial charge on any atom is -0.468 e. The molecule has 1 heterocycles. The number of carbonyl (C=O) groups excluding carboxylic acids is 1. The summed E-state index contributed by atoms with van der Waals surface area (Å²) >= 11 is 0. The van der Waals surface area contributed by atoms with Crippen molar-refractivity contribution in [1.82, 2.24) is 5.23 Å². The third-order valence-electron chi connectivity index (χ3n) is 2.48. The number of hydrogen-bond donors (Lipinski definition) is 1. The Bertz CT molecular complexity index is 254. The van der Waals surface area contributed by atoms with Crippen molar-refractivity contribution >= 4 is 13.0 Å². The van der Waals surface area contributed by atoms with Crippen LogP contribution in [0, 0.1) is 0 Å². The van der Waals surface area contributed by atoms with Gasteiger partial charge in [0.2, 0.25) is 0 Å². The van der Waals surface area contributed by atoms with Crippen LogP contribution in [0.1, 0.15) is 20.8 Å². The van der Waals surface area contributed by atoms with Crippen LogP contribution in [0.2, 0.25) is 0 Å². The van der Waals surface area contributed by atoms with E-state index in [1.807, 2.05) is 26.8 Å². The van der Waals surface area contributed by atoms with Crippen LogP contribution in [0.25, 0.3) is 0 Å². The fourth-order valence-electron chi connectivity index (χ4n) is 1.41. The molecule has 0 spiro atoms. The summed E-state index contributed by atoms with van der Waals surface area (Å²) in [7, 11) is 1.21. The predicted octanol–water partition coefficient (Wildman–Crippen LogP) is 0.530. The van der Waals surface area contributed by atoms with Crippen LogP contribution in [0.15, 0.2) is 11.5 Å². The summed E-state index contributed by atoms with van der Waals surface area (Å²) in [5.41, 5.74) is 1.07. The van der Waals surface area contributed by atoms with E-state index in [0.717, 1.165) is 5.47 Å². The molecule has 0 saturated carbocycles. The molecule has 1 N–H and O–H groups in total. The molecule has 1 saturated heterocycles. The molecule has 4 nitrogen and oxygen atoms in total. The molecule has 0 aliphatic carbocycles. The van der Waals surface area contributed by atoms with Gasteiger partial charge in [0.05, 0.1) is 13.2 Å². The van der Waals surface area contributed by atoms with Crippen molar-refractivity contribution in [2.75, 3.05) is 7.11 Å². The van der Waals surface area contributed by atoms with Gasteiger partial charge in [-0.2, -0.15) is 0 Å². The molecule has 0 aromatic rings. The van der Waals surface area contributed by atoms with E-state index in [1.54, 1.807) is 0 Å². The minimum atomic E-state index is -0.361. The second-order valence-electron chi connectivity index (χ2n) is 3.42. The van der Waals surface area contributed by atoms with Gasteiger partial charge in [0.15, 0.2) is 0 Å². The van der Waals surface area contributed by atoms with E-state index >= 15 is 0 Å². The van der Waals surface area contributed by atoms with Crippen LogP contribution in [0.3, 0.4) is 0 Å². The van der Waals surface area contributed by atoms with Gasteiger partial charge in [0.25, 0.3) is 0 Å². The van der Waals surface area contributed by atoms with Crippen LogP contribution in [0.5, 0.6) is 0 Å². The Labute approximate surface area is 84.8 Å². The summed E-state index contributed by atoms with van der Waals surface area (Å²) in [6.07, 6.45) is 1.81. The minimum absolute atomic E-state index is 0.151. The first-order chi connectivity index (χ1) is 6.60. The largest absolute Gasteiger partial charge is 0.468 e. The van der Waals surface area contributed by atoms with Crippen molar-refractivity contribution in [3.8, 4) is 0 Å². The van der Waals surface area contributed by atoms with Gasteiger partial charge in [-0.3, -0.25) is 4.79 Å². The van der Waals surface area contributed by atoms with E-state index in [-0.39, 0.29) is 25.2 Å². The van der Waals surface area contributed by atoms with E-state index in [1.165, 1.54) is 7.11 Å². The van der Waals surface area contributed by atoms with E-state index in [0.29, 0.717) is 0 Å². The molecular formula is C9H16BNO3. The van der Waals surface area contributed by atoms with E-state index in [2.05, 4.69) is 9.96 Å². The fourth-order valence-corrected chi connectivity index (χ4v) is 1.41. The lowest BCUT2D eigenvalue weighted by Gasteiger charge is -2.11. The predicted molar refractivity (Wildman–Crippen MR) is 54.7 cm³/mol. The molecule has 0 bridgehead atoms. The third-order valence-corrected chi connectivity index (χ3v) is 2.48. The maximum Gasteiger partial charge on any atom is 0.411 e. The molecule has 1 aliphatic rings. The topological polar surface area (TPSA) is 47.6 Å². The van der Waals surface area contributed by atoms with Crippen LogP contribution in [0.4, 0.5) is 0 Å². The van der Waals surface area contributed by atoms with Crippen molar-refractivity contribution in [3.63, 3.8) is 0 Å². The van der Waals surface area contributed by atoms with Crippen LogP contribution >= 0.6 is 0 Å². The second kappa shape index (κ2) is 4.62. The SMILES string of the molecule is C/C=C(\C)B1N[C@H](C(=O)OC)[C@@H](C)O1. The number of allylic oxidation sites excluding steroid dienone is 2. The summed E-state index contributed by atoms with van der Waals surface area (Å²) in [4.78, 5) is 11.3. The van der Waals surface area contributed by atoms with Gasteiger partial charge in [0, 0.05) is 0 Å². The highest BCUT2D eigenvalue weighted by atomic mass is 16.5. The highest BCUT2D eigenvalue weighted by Crippen LogP contribution is 2.15. The third kappa shape index (κ3) is 2.16. The van der Waals surface area contributed by atoms with Gasteiger partial charge in [0.1, 0.15) is 6.04 Å². The Balaban J connectivity index is 2.64. The Hall–Kier alpha value is -0.805. The molecule has 1 rings (SSSR count). The normalized spacial score (nSPS) is 28.0. The van der Waals surface area contributed by atoms with Crippen molar-refractivity contribution in [3.05, 3.63) is 11.5 Å². The van der Waals surface area contributed by atoms with E-state index in [4.69, 9.17) is 4.65 Å². The van der Waals surface area contributed by atoms with Crippen molar-refractivity contribution in [2.45, 2.75) is 32.9 Å². The first kappa shape index (κ1) is 11.3. The van der Waals surface area contributed by atoms with Crippen molar-refractivity contribution < 1.29 is 14.2 Å². The first-order valence-corrected chi connectivity index (χ1v) is 4.72. The first-order valence-electron chi connectivity index (χ1n) is 4.72. The second-order valence-corrected chi connectivity index (χ2v) is 3.42. The Kier molecular flexibility index (Phi) is 3.72. The summed E-state index contributed by atoms with van der Waals surface area (Å²) in [6, 6.07) is -0.361. The number of nitrogens with one attached hydrogen (secondary N) is 1. The summed E-state index contributed by atoms with van der Waals surface area (Å²) < 4.78 is 10.2. The smallest absolute Gasteiger partial charge is 0.411 e. The molecular weight excluding hydrogens is 181 g/mol. The molecule has 0 aromatic carbocycles. The number of esters is 1. The molecule has 1 fully saturated rings. The standard InChI is InChI=1S/C9H16BNO3/c1-5-6(2)10-11-8(7(3)14-10)9(12)13-4/h5,7-8,11H,1-4H3/b6-5+/t7-,8+/m1/s1. The van der Waals surface area contributed by atoms with Gasteiger partial charge < -0.3 is 14.6 Å². The molecule has 2 atom stereocenters. The zero-order valence-electron chi connectivity index (χ0n) is 9.03. The summed E-state index contributed by atoms with van der Waals surface area (Å²) in [5.74, 6) is -0.274. The molecule has 0 amide bonds. The highest BCUT2D eigenvalue weighted by molar-refractivity contribution is 6.58. The number of hydrogen-bond acceptors (Lipinski definition) is 4. The lowest BCUT2D eigenvalue weighted by atomic mass is 9.74. The molecule has 0 aromatic heterocycles. The number of ether oxygens (including phenoxy) is 1. The monoisotopic (exact) mass is 197 g/mol. The number of carbonyl (C=O) groups is 1. The summed E-state index contributed by atoms with van der Waals surface area (Å²) in [5, 5.41) is 3.08. The summed E-state index contributed by atoms with van der Waals surface area (Å²) in [6.45, 7) is 5.76. The highest BCUT2D eigenvalue weighted by Gasteiger charge is 2.40. The molecule has 5 heteroatoms. The lowest BCUT2D eigenvalue weighted by Crippen LogP contribution is -2.42. The Morgan fingerprint density at radius 2 is 2.29 bits per heavy atom. The molecule has 78 valence electrons. The Morgan fingerprint density at radius 3 is 2.79 bits per heavy atom. The molecule has 0 unspecified atom stereocenters. The number of methoxy groups -OCH3 is 1. The van der Waals surface area contributed by atoms with E-state index in [9.17, 15) is 4.79 Å². The van der Waals surface area contributed by atoms with Gasteiger partial charge >= 0.3 is 13.0 Å². The zero-order chi connectivity index (χ0) is 10.7. The van der Waals surface area contributed by atoms with Crippen LogP contribution in [-0.2, 0) is 14.2 Å². The van der Waals surface area contributed by atoms with Gasteiger partial charge in [-0.15, -0.1) is 0 Å². The van der Waals surface area contributed by atoms with Crippen molar-refractivity contribution in [1.29, 1.82) is 0 Å². The maximum atomic E-state index is 11.3. The fraction of sp³-hybridized carbons (Fsp3) is 0.667. The average molecular weight is 197 g/mol. The van der Waals surface area contributed by atoms with Gasteiger partial charge in [-0.25, -0.2) is 0 Å². The van der Waals surface area contributed by atoms with Crippen LogP contribution in [-0.4, -0.2) is 32.3 Å². The molecule has 0 radical (unpaired) electrons. The lowest BCUT2D eigenvalue weighted by molar-refractivity contribution is -0.143. The Morgan fingerprint density at radius 1 is 1.64 bits per heavy atom. The number of rotatable bonds is 2. The van der Waals surface area contributed by atoms with Gasteiger partial charge in [-0.05, 0) is 20.8 Å².